The first-order valence-corrected chi connectivity index (χ1v) is 10.8. The van der Waals surface area contributed by atoms with E-state index in [2.05, 4.69) is 14.7 Å². The third-order valence-corrected chi connectivity index (χ3v) is 6.31. The van der Waals surface area contributed by atoms with Crippen LogP contribution in [-0.2, 0) is 14.8 Å². The number of amides is 1. The highest BCUT2D eigenvalue weighted by atomic mass is 32.2. The number of fused-ring (bicyclic) bond motifs is 1. The Morgan fingerprint density at radius 3 is 2.38 bits per heavy atom. The summed E-state index contributed by atoms with van der Waals surface area (Å²) < 4.78 is 28.3. The molecule has 1 aromatic heterocycles. The molecular formula is C20H21N5O3S. The van der Waals surface area contributed by atoms with Crippen molar-refractivity contribution in [3.8, 4) is 0 Å². The van der Waals surface area contributed by atoms with Gasteiger partial charge in [0.05, 0.1) is 21.8 Å². The third-order valence-electron chi connectivity index (χ3n) is 4.96. The maximum atomic E-state index is 12.9. The number of primary amides is 1. The van der Waals surface area contributed by atoms with Crippen LogP contribution in [0.25, 0.3) is 11.0 Å². The van der Waals surface area contributed by atoms with Crippen molar-refractivity contribution in [2.75, 3.05) is 22.7 Å². The summed E-state index contributed by atoms with van der Waals surface area (Å²) >= 11 is 0. The van der Waals surface area contributed by atoms with Gasteiger partial charge in [-0.15, -0.1) is 0 Å². The Hall–Kier alpha value is -3.20. The minimum Gasteiger partial charge on any atom is -0.369 e. The fraction of sp³-hybridized carbons (Fsp3) is 0.250. The normalized spacial score (nSPS) is 17.2. The molecule has 29 heavy (non-hydrogen) atoms. The van der Waals surface area contributed by atoms with Gasteiger partial charge in [-0.25, -0.2) is 18.4 Å². The first-order chi connectivity index (χ1) is 13.9. The number of hydrogen-bond acceptors (Lipinski definition) is 6. The fourth-order valence-corrected chi connectivity index (χ4v) is 4.49. The van der Waals surface area contributed by atoms with Gasteiger partial charge in [-0.2, -0.15) is 0 Å². The van der Waals surface area contributed by atoms with E-state index in [1.165, 1.54) is 12.1 Å². The Labute approximate surface area is 168 Å². The van der Waals surface area contributed by atoms with Crippen LogP contribution in [-0.4, -0.2) is 37.4 Å². The molecule has 1 unspecified atom stereocenters. The van der Waals surface area contributed by atoms with Crippen LogP contribution >= 0.6 is 0 Å². The summed E-state index contributed by atoms with van der Waals surface area (Å²) in [4.78, 5) is 22.9. The molecule has 150 valence electrons. The summed E-state index contributed by atoms with van der Waals surface area (Å²) in [5.74, 6) is -0.141. The largest absolute Gasteiger partial charge is 0.369 e. The molecule has 0 spiro atoms. The van der Waals surface area contributed by atoms with Gasteiger partial charge in [-0.05, 0) is 37.1 Å². The Morgan fingerprint density at radius 2 is 1.69 bits per heavy atom. The van der Waals surface area contributed by atoms with Crippen molar-refractivity contribution in [1.82, 2.24) is 9.97 Å². The van der Waals surface area contributed by atoms with E-state index in [0.29, 0.717) is 36.4 Å². The highest BCUT2D eigenvalue weighted by Gasteiger charge is 2.28. The van der Waals surface area contributed by atoms with Crippen molar-refractivity contribution in [3.63, 3.8) is 0 Å². The number of nitrogens with zero attached hydrogens (tertiary/aromatic N) is 3. The van der Waals surface area contributed by atoms with E-state index in [1.807, 2.05) is 23.1 Å². The number of carbonyl (C=O) groups is 1. The number of anilines is 2. The minimum atomic E-state index is -3.84. The van der Waals surface area contributed by atoms with E-state index < -0.39 is 10.0 Å². The first kappa shape index (κ1) is 19.1. The molecule has 0 bridgehead atoms. The van der Waals surface area contributed by atoms with E-state index in [0.717, 1.165) is 6.42 Å². The number of sulfonamides is 1. The van der Waals surface area contributed by atoms with Gasteiger partial charge in [0.25, 0.3) is 10.0 Å². The molecule has 3 N–H and O–H groups in total. The predicted molar refractivity (Wildman–Crippen MR) is 111 cm³/mol. The van der Waals surface area contributed by atoms with Crippen LogP contribution in [0.3, 0.4) is 0 Å². The number of carbonyl (C=O) groups excluding carboxylic acids is 1. The van der Waals surface area contributed by atoms with Gasteiger partial charge >= 0.3 is 0 Å². The summed E-state index contributed by atoms with van der Waals surface area (Å²) in [6.07, 6.45) is 1.46. The summed E-state index contributed by atoms with van der Waals surface area (Å²) in [7, 11) is -3.84. The molecular weight excluding hydrogens is 390 g/mol. The number of para-hydroxylation sites is 2. The standard InChI is InChI=1S/C20H21N5O3S/c21-18(26)14-7-6-12-25(13-14)20-19(22-16-10-4-5-11-17(16)23-20)24-29(27,28)15-8-2-1-3-9-15/h1-5,8-11,14H,6-7,12-13H2,(H2,21,26)(H,22,24). The third kappa shape index (κ3) is 4.00. The maximum absolute atomic E-state index is 12.9. The first-order valence-electron chi connectivity index (χ1n) is 9.33. The van der Waals surface area contributed by atoms with Crippen LogP contribution in [0.2, 0.25) is 0 Å². The van der Waals surface area contributed by atoms with Crippen LogP contribution in [0, 0.1) is 5.92 Å². The lowest BCUT2D eigenvalue weighted by Crippen LogP contribution is -2.42. The topological polar surface area (TPSA) is 118 Å². The number of nitrogens with one attached hydrogen (secondary N) is 1. The van der Waals surface area contributed by atoms with E-state index in [9.17, 15) is 13.2 Å². The van der Waals surface area contributed by atoms with Crippen molar-refractivity contribution >= 4 is 38.6 Å². The van der Waals surface area contributed by atoms with E-state index in [1.54, 1.807) is 24.3 Å². The van der Waals surface area contributed by atoms with Gasteiger partial charge in [-0.3, -0.25) is 9.52 Å². The minimum absolute atomic E-state index is 0.134. The molecule has 1 fully saturated rings. The lowest BCUT2D eigenvalue weighted by atomic mass is 9.97. The van der Waals surface area contributed by atoms with E-state index in [4.69, 9.17) is 5.73 Å². The Kier molecular flexibility index (Phi) is 5.06. The summed E-state index contributed by atoms with van der Waals surface area (Å²) in [5.41, 5.74) is 6.72. The van der Waals surface area contributed by atoms with Crippen LogP contribution in [0.4, 0.5) is 11.6 Å². The zero-order valence-electron chi connectivity index (χ0n) is 15.7. The molecule has 0 aliphatic carbocycles. The summed E-state index contributed by atoms with van der Waals surface area (Å²) in [6, 6.07) is 15.3. The molecule has 2 heterocycles. The van der Waals surface area contributed by atoms with Crippen molar-refractivity contribution < 1.29 is 13.2 Å². The smallest absolute Gasteiger partial charge is 0.263 e. The molecule has 2 aromatic carbocycles. The average molecular weight is 411 g/mol. The van der Waals surface area contributed by atoms with Crippen LogP contribution in [0.5, 0.6) is 0 Å². The molecule has 3 aromatic rings. The average Bonchev–Trinajstić information content (AvgIpc) is 2.73. The van der Waals surface area contributed by atoms with Gasteiger partial charge in [0.2, 0.25) is 5.91 Å². The molecule has 1 amide bonds. The summed E-state index contributed by atoms with van der Waals surface area (Å²) in [5, 5.41) is 0. The molecule has 1 saturated heterocycles. The van der Waals surface area contributed by atoms with Crippen molar-refractivity contribution in [3.05, 3.63) is 54.6 Å². The molecule has 0 saturated carbocycles. The quantitative estimate of drug-likeness (QED) is 0.664. The monoisotopic (exact) mass is 411 g/mol. The summed E-state index contributed by atoms with van der Waals surface area (Å²) in [6.45, 7) is 1.01. The SMILES string of the molecule is NC(=O)C1CCCN(c2nc3ccccc3nc2NS(=O)(=O)c2ccccc2)C1. The number of rotatable bonds is 5. The van der Waals surface area contributed by atoms with Crippen molar-refractivity contribution in [2.24, 2.45) is 11.7 Å². The van der Waals surface area contributed by atoms with E-state index in [-0.39, 0.29) is 22.5 Å². The highest BCUT2D eigenvalue weighted by Crippen LogP contribution is 2.30. The molecule has 0 radical (unpaired) electrons. The molecule has 1 aliphatic heterocycles. The van der Waals surface area contributed by atoms with Gasteiger partial charge < -0.3 is 10.6 Å². The van der Waals surface area contributed by atoms with Crippen LogP contribution in [0.1, 0.15) is 12.8 Å². The number of piperidine rings is 1. The predicted octanol–water partition coefficient (Wildman–Crippen LogP) is 2.13. The number of hydrogen-bond donors (Lipinski definition) is 2. The number of aromatic nitrogens is 2. The van der Waals surface area contributed by atoms with Gasteiger partial charge in [-0.1, -0.05) is 30.3 Å². The molecule has 1 atom stereocenters. The van der Waals surface area contributed by atoms with Gasteiger partial charge in [0.1, 0.15) is 0 Å². The molecule has 4 rings (SSSR count). The number of benzene rings is 2. The van der Waals surface area contributed by atoms with Crippen LogP contribution < -0.4 is 15.4 Å². The van der Waals surface area contributed by atoms with Gasteiger partial charge in [0.15, 0.2) is 11.6 Å². The Morgan fingerprint density at radius 1 is 1.03 bits per heavy atom. The van der Waals surface area contributed by atoms with Crippen LogP contribution in [0.15, 0.2) is 59.5 Å². The molecule has 1 aliphatic rings. The van der Waals surface area contributed by atoms with E-state index >= 15 is 0 Å². The second-order valence-corrected chi connectivity index (χ2v) is 8.67. The Bertz CT molecular complexity index is 1150. The van der Waals surface area contributed by atoms with Crippen molar-refractivity contribution in [2.45, 2.75) is 17.7 Å². The highest BCUT2D eigenvalue weighted by molar-refractivity contribution is 7.92. The molecule has 8 nitrogen and oxygen atoms in total. The zero-order valence-corrected chi connectivity index (χ0v) is 16.5. The second kappa shape index (κ2) is 7.67. The van der Waals surface area contributed by atoms with Crippen molar-refractivity contribution in [1.29, 1.82) is 0 Å². The lowest BCUT2D eigenvalue weighted by Gasteiger charge is -2.33. The second-order valence-electron chi connectivity index (χ2n) is 6.99. The molecule has 9 heteroatoms. The number of nitrogens with two attached hydrogens (primary N) is 1. The maximum Gasteiger partial charge on any atom is 0.263 e. The Balaban J connectivity index is 1.78. The lowest BCUT2D eigenvalue weighted by molar-refractivity contribution is -0.122. The fourth-order valence-electron chi connectivity index (χ4n) is 3.47. The van der Waals surface area contributed by atoms with Gasteiger partial charge in [0, 0.05) is 13.1 Å². The zero-order chi connectivity index (χ0) is 20.4.